The number of carbonyl (C=O) groups excluding carboxylic acids is 1. The van der Waals surface area contributed by atoms with Gasteiger partial charge in [-0.3, -0.25) is 9.69 Å². The van der Waals surface area contributed by atoms with Gasteiger partial charge in [0.25, 0.3) is 0 Å². The molecule has 2 aromatic heterocycles. The summed E-state index contributed by atoms with van der Waals surface area (Å²) in [5.41, 5.74) is 8.83. The van der Waals surface area contributed by atoms with Crippen molar-refractivity contribution in [2.75, 3.05) is 58.3 Å². The van der Waals surface area contributed by atoms with Gasteiger partial charge in [-0.15, -0.1) is 0 Å². The highest BCUT2D eigenvalue weighted by Crippen LogP contribution is 2.45. The Labute approximate surface area is 216 Å². The Bertz CT molecular complexity index is 1270. The molecule has 2 atom stereocenters. The average molecular weight is 504 g/mol. The molecule has 3 fully saturated rings. The zero-order valence-corrected chi connectivity index (χ0v) is 21.0. The van der Waals surface area contributed by atoms with Crippen molar-refractivity contribution in [3.8, 4) is 17.0 Å². The molecule has 0 bridgehead atoms. The average Bonchev–Trinajstić information content (AvgIpc) is 3.62. The molecule has 2 N–H and O–H groups in total. The van der Waals surface area contributed by atoms with Gasteiger partial charge < -0.3 is 20.1 Å². The number of fused-ring (bicyclic) bond motifs is 2. The third-order valence-corrected chi connectivity index (χ3v) is 7.98. The molecule has 0 spiro atoms. The molecule has 1 saturated carbocycles. The van der Waals surface area contributed by atoms with Crippen LogP contribution in [0.2, 0.25) is 0 Å². The lowest BCUT2D eigenvalue weighted by molar-refractivity contribution is -0.125. The number of carbonyl (C=O) groups is 1. The van der Waals surface area contributed by atoms with Gasteiger partial charge in [-0.05, 0) is 55.0 Å². The number of morpholine rings is 1. The summed E-state index contributed by atoms with van der Waals surface area (Å²) in [5.74, 6) is 2.20. The van der Waals surface area contributed by atoms with Crippen molar-refractivity contribution in [1.29, 1.82) is 0 Å². The first-order valence-corrected chi connectivity index (χ1v) is 13.0. The Balaban J connectivity index is 1.19. The molecule has 3 aliphatic rings. The number of hydrogen-bond donors (Lipinski definition) is 1. The zero-order valence-electron chi connectivity index (χ0n) is 21.0. The smallest absolute Gasteiger partial charge is 0.245 e. The molecule has 10 nitrogen and oxygen atoms in total. The summed E-state index contributed by atoms with van der Waals surface area (Å²) < 4.78 is 13.4. The molecular formula is C27H33N7O3. The molecular weight excluding hydrogens is 470 g/mol. The predicted octanol–water partition coefficient (Wildman–Crippen LogP) is 2.38. The van der Waals surface area contributed by atoms with Gasteiger partial charge in [0.1, 0.15) is 30.2 Å². The highest BCUT2D eigenvalue weighted by molar-refractivity contribution is 5.98. The second kappa shape index (κ2) is 10.1. The molecule has 194 valence electrons. The summed E-state index contributed by atoms with van der Waals surface area (Å²) in [4.78, 5) is 25.2. The lowest BCUT2D eigenvalue weighted by Gasteiger charge is -2.26. The van der Waals surface area contributed by atoms with E-state index in [9.17, 15) is 4.79 Å². The van der Waals surface area contributed by atoms with Crippen LogP contribution in [0.25, 0.3) is 22.3 Å². The van der Waals surface area contributed by atoms with Crippen LogP contribution in [-0.2, 0) is 9.53 Å². The van der Waals surface area contributed by atoms with E-state index in [4.69, 9.17) is 20.3 Å². The SMILES string of the molecule is C=CC(=O)N1CC2CC(n3nc(-c4ccc(OCCN5CCOCC5)cc4)c4c(N)ncnc43)CC2C1. The first-order valence-electron chi connectivity index (χ1n) is 13.0. The lowest BCUT2D eigenvalue weighted by atomic mass is 10.0. The zero-order chi connectivity index (χ0) is 25.4. The van der Waals surface area contributed by atoms with Crippen LogP contribution >= 0.6 is 0 Å². The number of nitrogens with zero attached hydrogens (tertiary/aromatic N) is 6. The maximum atomic E-state index is 12.1. The number of hydrogen-bond acceptors (Lipinski definition) is 8. The van der Waals surface area contributed by atoms with Gasteiger partial charge >= 0.3 is 0 Å². The molecule has 37 heavy (non-hydrogen) atoms. The molecule has 2 unspecified atom stereocenters. The number of aromatic nitrogens is 4. The number of nitrogens with two attached hydrogens (primary N) is 1. The summed E-state index contributed by atoms with van der Waals surface area (Å²) in [5, 5.41) is 5.81. The third-order valence-electron chi connectivity index (χ3n) is 7.98. The van der Waals surface area contributed by atoms with Crippen LogP contribution in [0.1, 0.15) is 18.9 Å². The van der Waals surface area contributed by atoms with Crippen molar-refractivity contribution in [2.45, 2.75) is 18.9 Å². The van der Waals surface area contributed by atoms with E-state index in [1.807, 2.05) is 33.8 Å². The molecule has 1 aliphatic carbocycles. The molecule has 2 aliphatic heterocycles. The summed E-state index contributed by atoms with van der Waals surface area (Å²) >= 11 is 0. The van der Waals surface area contributed by atoms with Crippen molar-refractivity contribution in [2.24, 2.45) is 11.8 Å². The minimum absolute atomic E-state index is 0.0202. The number of anilines is 1. The van der Waals surface area contributed by atoms with E-state index in [1.165, 1.54) is 12.4 Å². The Morgan fingerprint density at radius 3 is 2.57 bits per heavy atom. The Kier molecular flexibility index (Phi) is 6.52. The number of likely N-dealkylation sites (tertiary alicyclic amines) is 1. The van der Waals surface area contributed by atoms with E-state index in [0.717, 1.165) is 86.8 Å². The second-order valence-electron chi connectivity index (χ2n) is 10.2. The third kappa shape index (κ3) is 4.67. The number of benzene rings is 1. The molecule has 3 aromatic rings. The van der Waals surface area contributed by atoms with E-state index < -0.39 is 0 Å². The maximum Gasteiger partial charge on any atom is 0.245 e. The number of rotatable bonds is 7. The van der Waals surface area contributed by atoms with Crippen LogP contribution in [0.15, 0.2) is 43.2 Å². The molecule has 6 rings (SSSR count). The van der Waals surface area contributed by atoms with Gasteiger partial charge in [0, 0.05) is 38.3 Å². The van der Waals surface area contributed by atoms with Crippen molar-refractivity contribution < 1.29 is 14.3 Å². The monoisotopic (exact) mass is 503 g/mol. The Morgan fingerprint density at radius 1 is 1.14 bits per heavy atom. The molecule has 2 saturated heterocycles. The predicted molar refractivity (Wildman–Crippen MR) is 140 cm³/mol. The van der Waals surface area contributed by atoms with Crippen molar-refractivity contribution in [1.82, 2.24) is 29.5 Å². The molecule has 1 aromatic carbocycles. The van der Waals surface area contributed by atoms with Gasteiger partial charge in [-0.2, -0.15) is 5.10 Å². The highest BCUT2D eigenvalue weighted by atomic mass is 16.5. The van der Waals surface area contributed by atoms with E-state index in [-0.39, 0.29) is 11.9 Å². The fraction of sp³-hybridized carbons (Fsp3) is 0.481. The van der Waals surface area contributed by atoms with Gasteiger partial charge in [0.15, 0.2) is 5.65 Å². The minimum Gasteiger partial charge on any atom is -0.492 e. The summed E-state index contributed by atoms with van der Waals surface area (Å²) in [6.07, 6.45) is 4.83. The highest BCUT2D eigenvalue weighted by Gasteiger charge is 2.43. The second-order valence-corrected chi connectivity index (χ2v) is 10.2. The maximum absolute atomic E-state index is 12.1. The summed E-state index contributed by atoms with van der Waals surface area (Å²) in [6.45, 7) is 10.2. The first-order chi connectivity index (χ1) is 18.1. The fourth-order valence-electron chi connectivity index (χ4n) is 6.06. The van der Waals surface area contributed by atoms with E-state index in [1.54, 1.807) is 0 Å². The number of nitrogen functional groups attached to an aromatic ring is 1. The fourth-order valence-corrected chi connectivity index (χ4v) is 6.06. The Morgan fingerprint density at radius 2 is 1.86 bits per heavy atom. The Hall–Kier alpha value is -3.50. The van der Waals surface area contributed by atoms with Crippen molar-refractivity contribution in [3.05, 3.63) is 43.2 Å². The standard InChI is InChI=1S/C27H33N7O3/c1-2-23(35)33-15-19-13-21(14-20(19)16-33)34-27-24(26(28)29-17-30-27)25(31-34)18-3-5-22(6-4-18)37-12-9-32-7-10-36-11-8-32/h2-6,17,19-21H,1,7-16H2,(H2,28,29,30). The van der Waals surface area contributed by atoms with E-state index >= 15 is 0 Å². The first kappa shape index (κ1) is 23.9. The normalized spacial score (nSPS) is 23.9. The summed E-state index contributed by atoms with van der Waals surface area (Å²) in [6, 6.07) is 8.20. The van der Waals surface area contributed by atoms with Gasteiger partial charge in [-0.1, -0.05) is 6.58 Å². The van der Waals surface area contributed by atoms with Crippen molar-refractivity contribution in [3.63, 3.8) is 0 Å². The molecule has 4 heterocycles. The van der Waals surface area contributed by atoms with Crippen LogP contribution in [-0.4, -0.2) is 88.0 Å². The van der Waals surface area contributed by atoms with Crippen LogP contribution in [0.3, 0.4) is 0 Å². The van der Waals surface area contributed by atoms with Gasteiger partial charge in [0.2, 0.25) is 5.91 Å². The molecule has 1 amide bonds. The minimum atomic E-state index is 0.0202. The van der Waals surface area contributed by atoms with Crippen LogP contribution in [0, 0.1) is 11.8 Å². The van der Waals surface area contributed by atoms with Crippen LogP contribution < -0.4 is 10.5 Å². The number of ether oxygens (including phenoxy) is 2. The quantitative estimate of drug-likeness (QED) is 0.489. The largest absolute Gasteiger partial charge is 0.492 e. The summed E-state index contributed by atoms with van der Waals surface area (Å²) in [7, 11) is 0. The van der Waals surface area contributed by atoms with Crippen LogP contribution in [0.4, 0.5) is 5.82 Å². The van der Waals surface area contributed by atoms with Gasteiger partial charge in [0.05, 0.1) is 24.6 Å². The van der Waals surface area contributed by atoms with E-state index in [2.05, 4.69) is 21.4 Å². The van der Waals surface area contributed by atoms with E-state index in [0.29, 0.717) is 24.3 Å². The molecule has 0 radical (unpaired) electrons. The van der Waals surface area contributed by atoms with Gasteiger partial charge in [-0.25, -0.2) is 14.6 Å². The molecule has 10 heteroatoms. The number of amides is 1. The van der Waals surface area contributed by atoms with Crippen molar-refractivity contribution >= 4 is 22.8 Å². The lowest BCUT2D eigenvalue weighted by Crippen LogP contribution is -2.38. The topological polar surface area (TPSA) is 112 Å². The van der Waals surface area contributed by atoms with Crippen LogP contribution in [0.5, 0.6) is 5.75 Å².